The molecule has 0 aliphatic carbocycles. The van der Waals surface area contributed by atoms with Crippen molar-refractivity contribution in [1.82, 2.24) is 9.88 Å². The molecule has 0 saturated carbocycles. The average molecular weight is 274 g/mol. The van der Waals surface area contributed by atoms with Gasteiger partial charge < -0.3 is 10.6 Å². The Labute approximate surface area is 115 Å². The maximum Gasteiger partial charge on any atom is 0.256 e. The lowest BCUT2D eigenvalue weighted by Gasteiger charge is -2.16. The second kappa shape index (κ2) is 4.55. The molecule has 1 aliphatic rings. The monoisotopic (exact) mass is 273 g/mol. The molecule has 1 aromatic carbocycles. The number of nitrogens with zero attached hydrogens (tertiary/aromatic N) is 2. The summed E-state index contributed by atoms with van der Waals surface area (Å²) in [6, 6.07) is 9.54. The van der Waals surface area contributed by atoms with Crippen LogP contribution in [-0.4, -0.2) is 15.8 Å². The third kappa shape index (κ3) is 2.15. The summed E-state index contributed by atoms with van der Waals surface area (Å²) in [5.41, 5.74) is 8.91. The standard InChI is InChI=1S/C14H12ClN3O/c15-13-5-11(12(16)6-17-13)14(19)18-7-9-3-1-2-4-10(9)8-18/h1-6H,7-8,16H2. The van der Waals surface area contributed by atoms with Gasteiger partial charge in [0.25, 0.3) is 5.91 Å². The fourth-order valence-corrected chi connectivity index (χ4v) is 2.43. The predicted molar refractivity (Wildman–Crippen MR) is 73.7 cm³/mol. The van der Waals surface area contributed by atoms with Crippen LogP contribution in [0.25, 0.3) is 0 Å². The Hall–Kier alpha value is -2.07. The van der Waals surface area contributed by atoms with Crippen LogP contribution in [0.15, 0.2) is 36.5 Å². The van der Waals surface area contributed by atoms with E-state index in [0.717, 1.165) is 0 Å². The van der Waals surface area contributed by atoms with Crippen molar-refractivity contribution < 1.29 is 4.79 Å². The van der Waals surface area contributed by atoms with E-state index in [4.69, 9.17) is 17.3 Å². The zero-order valence-electron chi connectivity index (χ0n) is 10.1. The molecular weight excluding hydrogens is 262 g/mol. The van der Waals surface area contributed by atoms with Gasteiger partial charge in [-0.05, 0) is 17.2 Å². The molecule has 4 nitrogen and oxygen atoms in total. The zero-order valence-corrected chi connectivity index (χ0v) is 10.9. The molecule has 2 aromatic rings. The Bertz CT molecular complexity index is 632. The number of nitrogens with two attached hydrogens (primary N) is 1. The van der Waals surface area contributed by atoms with Gasteiger partial charge in [-0.2, -0.15) is 0 Å². The molecule has 0 fully saturated rings. The zero-order chi connectivity index (χ0) is 13.4. The van der Waals surface area contributed by atoms with E-state index in [9.17, 15) is 4.79 Å². The summed E-state index contributed by atoms with van der Waals surface area (Å²) in [4.78, 5) is 18.1. The van der Waals surface area contributed by atoms with Gasteiger partial charge in [0, 0.05) is 13.1 Å². The smallest absolute Gasteiger partial charge is 0.256 e. The number of hydrogen-bond donors (Lipinski definition) is 1. The first-order valence-corrected chi connectivity index (χ1v) is 6.30. The molecule has 2 N–H and O–H groups in total. The number of amides is 1. The Morgan fingerprint density at radius 3 is 2.53 bits per heavy atom. The van der Waals surface area contributed by atoms with Gasteiger partial charge in [-0.1, -0.05) is 35.9 Å². The van der Waals surface area contributed by atoms with E-state index in [1.54, 1.807) is 4.90 Å². The molecule has 0 unspecified atom stereocenters. The molecule has 5 heteroatoms. The van der Waals surface area contributed by atoms with Crippen molar-refractivity contribution in [2.45, 2.75) is 13.1 Å². The summed E-state index contributed by atoms with van der Waals surface area (Å²) in [6.07, 6.45) is 1.42. The first kappa shape index (κ1) is 12.0. The minimum absolute atomic E-state index is 0.113. The van der Waals surface area contributed by atoms with Crippen molar-refractivity contribution in [2.24, 2.45) is 0 Å². The second-order valence-corrected chi connectivity index (χ2v) is 4.91. The minimum atomic E-state index is -0.113. The van der Waals surface area contributed by atoms with Gasteiger partial charge in [-0.3, -0.25) is 4.79 Å². The maximum atomic E-state index is 12.4. The molecule has 2 heterocycles. The van der Waals surface area contributed by atoms with E-state index in [2.05, 4.69) is 4.98 Å². The third-order valence-electron chi connectivity index (χ3n) is 3.26. The van der Waals surface area contributed by atoms with Gasteiger partial charge in [0.1, 0.15) is 5.15 Å². The highest BCUT2D eigenvalue weighted by atomic mass is 35.5. The molecular formula is C14H12ClN3O. The SMILES string of the molecule is Nc1cnc(Cl)cc1C(=O)N1Cc2ccccc2C1. The number of fused-ring (bicyclic) bond motifs is 1. The molecule has 0 saturated heterocycles. The molecule has 1 aromatic heterocycles. The van der Waals surface area contributed by atoms with Crippen molar-refractivity contribution in [2.75, 3.05) is 5.73 Å². The van der Waals surface area contributed by atoms with E-state index in [0.29, 0.717) is 24.3 Å². The molecule has 19 heavy (non-hydrogen) atoms. The average Bonchev–Trinajstić information content (AvgIpc) is 2.84. The maximum absolute atomic E-state index is 12.4. The number of carbonyl (C=O) groups excluding carboxylic acids is 1. The summed E-state index contributed by atoms with van der Waals surface area (Å²) < 4.78 is 0. The third-order valence-corrected chi connectivity index (χ3v) is 3.47. The van der Waals surface area contributed by atoms with E-state index >= 15 is 0 Å². The van der Waals surface area contributed by atoms with Crippen LogP contribution in [0.2, 0.25) is 5.15 Å². The molecule has 3 rings (SSSR count). The van der Waals surface area contributed by atoms with Gasteiger partial charge in [-0.15, -0.1) is 0 Å². The molecule has 0 radical (unpaired) electrons. The van der Waals surface area contributed by atoms with E-state index in [1.165, 1.54) is 23.4 Å². The second-order valence-electron chi connectivity index (χ2n) is 4.52. The molecule has 0 bridgehead atoms. The van der Waals surface area contributed by atoms with Gasteiger partial charge in [0.05, 0.1) is 17.4 Å². The van der Waals surface area contributed by atoms with Crippen LogP contribution < -0.4 is 5.73 Å². The minimum Gasteiger partial charge on any atom is -0.397 e. The predicted octanol–water partition coefficient (Wildman–Crippen LogP) is 2.47. The number of carbonyl (C=O) groups is 1. The Morgan fingerprint density at radius 1 is 1.26 bits per heavy atom. The van der Waals surface area contributed by atoms with Gasteiger partial charge in [0.15, 0.2) is 0 Å². The number of nitrogen functional groups attached to an aromatic ring is 1. The van der Waals surface area contributed by atoms with Crippen LogP contribution in [0.5, 0.6) is 0 Å². The number of pyridine rings is 1. The number of rotatable bonds is 1. The van der Waals surface area contributed by atoms with Crippen molar-refractivity contribution in [1.29, 1.82) is 0 Å². The van der Waals surface area contributed by atoms with Crippen LogP contribution in [0.4, 0.5) is 5.69 Å². The summed E-state index contributed by atoms with van der Waals surface area (Å²) in [5.74, 6) is -0.113. The van der Waals surface area contributed by atoms with Gasteiger partial charge in [-0.25, -0.2) is 4.98 Å². The number of halogens is 1. The Kier molecular flexibility index (Phi) is 2.87. The number of anilines is 1. The van der Waals surface area contributed by atoms with Crippen LogP contribution in [0, 0.1) is 0 Å². The molecule has 0 spiro atoms. The largest absolute Gasteiger partial charge is 0.397 e. The van der Waals surface area contributed by atoms with E-state index in [1.807, 2.05) is 24.3 Å². The van der Waals surface area contributed by atoms with Gasteiger partial charge in [0.2, 0.25) is 0 Å². The molecule has 0 atom stereocenters. The van der Waals surface area contributed by atoms with Crippen LogP contribution in [-0.2, 0) is 13.1 Å². The highest BCUT2D eigenvalue weighted by Crippen LogP contribution is 2.26. The first-order chi connectivity index (χ1) is 9.15. The number of hydrogen-bond acceptors (Lipinski definition) is 3. The fourth-order valence-electron chi connectivity index (χ4n) is 2.27. The summed E-state index contributed by atoms with van der Waals surface area (Å²) >= 11 is 5.82. The topological polar surface area (TPSA) is 59.2 Å². The lowest BCUT2D eigenvalue weighted by Crippen LogP contribution is -2.26. The Morgan fingerprint density at radius 2 is 1.89 bits per heavy atom. The van der Waals surface area contributed by atoms with Crippen molar-refractivity contribution in [3.05, 3.63) is 58.4 Å². The molecule has 96 valence electrons. The summed E-state index contributed by atoms with van der Waals surface area (Å²) in [6.45, 7) is 1.21. The van der Waals surface area contributed by atoms with Crippen molar-refractivity contribution in [3.63, 3.8) is 0 Å². The Balaban J connectivity index is 1.89. The normalized spacial score (nSPS) is 13.4. The van der Waals surface area contributed by atoms with Crippen LogP contribution >= 0.6 is 11.6 Å². The van der Waals surface area contributed by atoms with E-state index in [-0.39, 0.29) is 11.1 Å². The highest BCUT2D eigenvalue weighted by molar-refractivity contribution is 6.29. The number of benzene rings is 1. The van der Waals surface area contributed by atoms with Crippen molar-refractivity contribution in [3.8, 4) is 0 Å². The van der Waals surface area contributed by atoms with Crippen molar-refractivity contribution >= 4 is 23.2 Å². The van der Waals surface area contributed by atoms with Crippen LogP contribution in [0.1, 0.15) is 21.5 Å². The highest BCUT2D eigenvalue weighted by Gasteiger charge is 2.25. The lowest BCUT2D eigenvalue weighted by molar-refractivity contribution is 0.0752. The van der Waals surface area contributed by atoms with Gasteiger partial charge >= 0.3 is 0 Å². The first-order valence-electron chi connectivity index (χ1n) is 5.92. The number of aromatic nitrogens is 1. The fraction of sp³-hybridized carbons (Fsp3) is 0.143. The molecule has 1 amide bonds. The summed E-state index contributed by atoms with van der Waals surface area (Å²) in [7, 11) is 0. The van der Waals surface area contributed by atoms with E-state index < -0.39 is 0 Å². The summed E-state index contributed by atoms with van der Waals surface area (Å²) in [5, 5.41) is 0.272. The van der Waals surface area contributed by atoms with Crippen LogP contribution in [0.3, 0.4) is 0 Å². The molecule has 1 aliphatic heterocycles. The quantitative estimate of drug-likeness (QED) is 0.812. The lowest BCUT2D eigenvalue weighted by atomic mass is 10.1.